The zero-order chi connectivity index (χ0) is 16.2. The lowest BCUT2D eigenvalue weighted by molar-refractivity contribution is 0.102. The summed E-state index contributed by atoms with van der Waals surface area (Å²) in [6.07, 6.45) is 0. The van der Waals surface area contributed by atoms with Crippen LogP contribution in [0.25, 0.3) is 0 Å². The number of hydrogen-bond acceptors (Lipinski definition) is 4. The summed E-state index contributed by atoms with van der Waals surface area (Å²) in [5.74, 6) is -0.609. The maximum Gasteiger partial charge on any atom is 0.255 e. The van der Waals surface area contributed by atoms with Gasteiger partial charge in [-0.25, -0.2) is 13.6 Å². The molecule has 0 saturated carbocycles. The van der Waals surface area contributed by atoms with Crippen molar-refractivity contribution in [2.24, 2.45) is 5.14 Å². The van der Waals surface area contributed by atoms with E-state index in [1.807, 2.05) is 6.07 Å². The predicted octanol–water partition coefficient (Wildman–Crippen LogP) is 1.60. The van der Waals surface area contributed by atoms with E-state index in [0.29, 0.717) is 22.4 Å². The van der Waals surface area contributed by atoms with Crippen LogP contribution in [0.5, 0.6) is 0 Å². The van der Waals surface area contributed by atoms with Gasteiger partial charge in [0.25, 0.3) is 5.91 Å². The van der Waals surface area contributed by atoms with Crippen LogP contribution in [-0.4, -0.2) is 14.3 Å². The van der Waals surface area contributed by atoms with Crippen LogP contribution < -0.4 is 10.5 Å². The number of sulfonamides is 1. The van der Waals surface area contributed by atoms with Gasteiger partial charge in [0.05, 0.1) is 17.4 Å². The zero-order valence-electron chi connectivity index (χ0n) is 11.5. The minimum absolute atomic E-state index is 0.258. The largest absolute Gasteiger partial charge is 0.322 e. The van der Waals surface area contributed by atoms with E-state index < -0.39 is 10.0 Å². The molecule has 0 unspecified atom stereocenters. The summed E-state index contributed by atoms with van der Waals surface area (Å²) in [6, 6.07) is 14.6. The number of amides is 1. The maximum atomic E-state index is 12.1. The Kier molecular flexibility index (Phi) is 4.56. The van der Waals surface area contributed by atoms with Crippen molar-refractivity contribution in [3.8, 4) is 6.07 Å². The molecule has 0 fully saturated rings. The lowest BCUT2D eigenvalue weighted by Gasteiger charge is -2.06. The summed E-state index contributed by atoms with van der Waals surface area (Å²) in [6.45, 7) is 0. The maximum absolute atomic E-state index is 12.1. The minimum Gasteiger partial charge on any atom is -0.322 e. The van der Waals surface area contributed by atoms with Crippen molar-refractivity contribution >= 4 is 21.6 Å². The normalized spacial score (nSPS) is 10.7. The Morgan fingerprint density at radius 2 is 1.86 bits per heavy atom. The standard InChI is InChI=1S/C15H13N3O3S/c16-9-12-2-1-3-13(8-12)15(19)18-14-6-4-11(5-7-14)10-22(17,20)21/h1-8H,10H2,(H,18,19)(H2,17,20,21). The lowest BCUT2D eigenvalue weighted by atomic mass is 10.1. The van der Waals surface area contributed by atoms with Gasteiger partial charge < -0.3 is 5.32 Å². The van der Waals surface area contributed by atoms with Crippen molar-refractivity contribution in [3.63, 3.8) is 0 Å². The molecule has 0 aromatic heterocycles. The molecule has 0 saturated heterocycles. The van der Waals surface area contributed by atoms with E-state index in [-0.39, 0.29) is 11.7 Å². The first kappa shape index (κ1) is 15.7. The monoisotopic (exact) mass is 315 g/mol. The van der Waals surface area contributed by atoms with Crippen molar-refractivity contribution in [2.45, 2.75) is 5.75 Å². The number of benzene rings is 2. The van der Waals surface area contributed by atoms with Crippen molar-refractivity contribution in [1.82, 2.24) is 0 Å². The molecule has 112 valence electrons. The van der Waals surface area contributed by atoms with Crippen LogP contribution in [-0.2, 0) is 15.8 Å². The molecule has 22 heavy (non-hydrogen) atoms. The summed E-state index contributed by atoms with van der Waals surface area (Å²) in [5, 5.41) is 16.5. The number of primary sulfonamides is 1. The van der Waals surface area contributed by atoms with Crippen LogP contribution in [0.1, 0.15) is 21.5 Å². The average Bonchev–Trinajstić information content (AvgIpc) is 2.48. The average molecular weight is 315 g/mol. The summed E-state index contributed by atoms with van der Waals surface area (Å²) < 4.78 is 22.0. The Balaban J connectivity index is 2.10. The summed E-state index contributed by atoms with van der Waals surface area (Å²) >= 11 is 0. The fourth-order valence-electron chi connectivity index (χ4n) is 1.85. The van der Waals surface area contributed by atoms with Crippen LogP contribution in [0.3, 0.4) is 0 Å². The highest BCUT2D eigenvalue weighted by Gasteiger charge is 2.08. The highest BCUT2D eigenvalue weighted by Crippen LogP contribution is 2.13. The van der Waals surface area contributed by atoms with Gasteiger partial charge in [-0.2, -0.15) is 5.26 Å². The molecule has 0 aliphatic heterocycles. The molecule has 2 aromatic rings. The van der Waals surface area contributed by atoms with E-state index in [1.54, 1.807) is 42.5 Å². The first-order chi connectivity index (χ1) is 10.4. The second kappa shape index (κ2) is 6.39. The molecule has 0 radical (unpaired) electrons. The van der Waals surface area contributed by atoms with E-state index in [9.17, 15) is 13.2 Å². The number of nitrogens with two attached hydrogens (primary N) is 1. The molecule has 2 aromatic carbocycles. The lowest BCUT2D eigenvalue weighted by Crippen LogP contribution is -2.15. The molecule has 7 heteroatoms. The van der Waals surface area contributed by atoms with Crippen LogP contribution in [0.4, 0.5) is 5.69 Å². The van der Waals surface area contributed by atoms with E-state index in [1.165, 1.54) is 6.07 Å². The quantitative estimate of drug-likeness (QED) is 0.892. The van der Waals surface area contributed by atoms with Gasteiger partial charge in [0.2, 0.25) is 10.0 Å². The fraction of sp³-hybridized carbons (Fsp3) is 0.0667. The summed E-state index contributed by atoms with van der Waals surface area (Å²) in [5.41, 5.74) is 1.82. The Hall–Kier alpha value is -2.69. The molecule has 0 spiro atoms. The number of nitrogens with one attached hydrogen (secondary N) is 1. The number of carbonyl (C=O) groups excluding carboxylic acids is 1. The molecule has 0 heterocycles. The molecule has 1 amide bonds. The van der Waals surface area contributed by atoms with Crippen LogP contribution in [0, 0.1) is 11.3 Å². The second-order valence-electron chi connectivity index (χ2n) is 4.65. The molecule has 0 atom stereocenters. The van der Waals surface area contributed by atoms with Gasteiger partial charge >= 0.3 is 0 Å². The highest BCUT2D eigenvalue weighted by molar-refractivity contribution is 7.88. The first-order valence-electron chi connectivity index (χ1n) is 6.28. The van der Waals surface area contributed by atoms with E-state index in [4.69, 9.17) is 10.4 Å². The van der Waals surface area contributed by atoms with Gasteiger partial charge in [-0.05, 0) is 35.9 Å². The van der Waals surface area contributed by atoms with Gasteiger partial charge in [0.1, 0.15) is 0 Å². The highest BCUT2D eigenvalue weighted by atomic mass is 32.2. The number of carbonyl (C=O) groups is 1. The Morgan fingerprint density at radius 3 is 2.45 bits per heavy atom. The molecule has 3 N–H and O–H groups in total. The van der Waals surface area contributed by atoms with Crippen molar-refractivity contribution in [3.05, 3.63) is 65.2 Å². The van der Waals surface area contributed by atoms with Crippen molar-refractivity contribution in [2.75, 3.05) is 5.32 Å². The SMILES string of the molecule is N#Cc1cccc(C(=O)Nc2ccc(CS(N)(=O)=O)cc2)c1. The first-order valence-corrected chi connectivity index (χ1v) is 8.00. The number of nitrogens with zero attached hydrogens (tertiary/aromatic N) is 1. The van der Waals surface area contributed by atoms with E-state index in [2.05, 4.69) is 5.32 Å². The van der Waals surface area contributed by atoms with E-state index >= 15 is 0 Å². The molecule has 2 rings (SSSR count). The van der Waals surface area contributed by atoms with Gasteiger partial charge in [0.15, 0.2) is 0 Å². The van der Waals surface area contributed by atoms with Gasteiger partial charge in [-0.3, -0.25) is 4.79 Å². The Bertz CT molecular complexity index is 837. The molecular formula is C15H13N3O3S. The number of anilines is 1. The Morgan fingerprint density at radius 1 is 1.18 bits per heavy atom. The third-order valence-electron chi connectivity index (χ3n) is 2.83. The van der Waals surface area contributed by atoms with Crippen molar-refractivity contribution < 1.29 is 13.2 Å². The van der Waals surface area contributed by atoms with Gasteiger partial charge in [-0.15, -0.1) is 0 Å². The van der Waals surface area contributed by atoms with E-state index in [0.717, 1.165) is 0 Å². The van der Waals surface area contributed by atoms with Crippen LogP contribution in [0.2, 0.25) is 0 Å². The second-order valence-corrected chi connectivity index (χ2v) is 6.27. The van der Waals surface area contributed by atoms with Gasteiger partial charge in [-0.1, -0.05) is 18.2 Å². The summed E-state index contributed by atoms with van der Waals surface area (Å²) in [7, 11) is -3.58. The Labute approximate surface area is 128 Å². The topological polar surface area (TPSA) is 113 Å². The number of nitriles is 1. The molecule has 0 aliphatic rings. The van der Waals surface area contributed by atoms with Gasteiger partial charge in [0, 0.05) is 11.3 Å². The fourth-order valence-corrected chi connectivity index (χ4v) is 2.51. The third kappa shape index (κ3) is 4.41. The minimum atomic E-state index is -3.58. The van der Waals surface area contributed by atoms with Crippen LogP contribution in [0.15, 0.2) is 48.5 Å². The summed E-state index contributed by atoms with van der Waals surface area (Å²) in [4.78, 5) is 12.1. The smallest absolute Gasteiger partial charge is 0.255 e. The number of hydrogen-bond donors (Lipinski definition) is 2. The number of rotatable bonds is 4. The predicted molar refractivity (Wildman–Crippen MR) is 82.4 cm³/mol. The third-order valence-corrected chi connectivity index (χ3v) is 3.57. The molecular weight excluding hydrogens is 302 g/mol. The molecule has 0 bridgehead atoms. The van der Waals surface area contributed by atoms with Crippen molar-refractivity contribution in [1.29, 1.82) is 5.26 Å². The van der Waals surface area contributed by atoms with Crippen LogP contribution >= 0.6 is 0 Å². The zero-order valence-corrected chi connectivity index (χ0v) is 12.3. The molecule has 6 nitrogen and oxygen atoms in total. The molecule has 0 aliphatic carbocycles.